The summed E-state index contributed by atoms with van der Waals surface area (Å²) >= 11 is 1.56. The zero-order chi connectivity index (χ0) is 17.2. The molecule has 128 valence electrons. The van der Waals surface area contributed by atoms with Crippen LogP contribution in [0.1, 0.15) is 34.7 Å². The molecule has 0 bridgehead atoms. The molecule has 1 aliphatic rings. The maximum atomic E-state index is 12.9. The Kier molecular flexibility index (Phi) is 4.31. The number of benzene rings is 1. The molecule has 1 aromatic carbocycles. The van der Waals surface area contributed by atoms with Crippen molar-refractivity contribution in [3.8, 4) is 0 Å². The minimum atomic E-state index is -0.211. The van der Waals surface area contributed by atoms with Crippen molar-refractivity contribution >= 4 is 17.2 Å². The third-order valence-corrected chi connectivity index (χ3v) is 5.46. The molecule has 1 aliphatic heterocycles. The Balaban J connectivity index is 1.55. The molecule has 2 aromatic heterocycles. The van der Waals surface area contributed by atoms with Gasteiger partial charge in [0.2, 0.25) is 5.91 Å². The largest absolute Gasteiger partial charge is 0.342 e. The molecule has 2 atom stereocenters. The van der Waals surface area contributed by atoms with Gasteiger partial charge in [0.1, 0.15) is 22.7 Å². The summed E-state index contributed by atoms with van der Waals surface area (Å²) in [4.78, 5) is 17.3. The monoisotopic (exact) mass is 353 g/mol. The summed E-state index contributed by atoms with van der Waals surface area (Å²) in [7, 11) is 0. The highest BCUT2D eigenvalue weighted by molar-refractivity contribution is 7.09. The van der Waals surface area contributed by atoms with Crippen molar-refractivity contribution in [1.29, 1.82) is 0 Å². The standard InChI is InChI=1S/C18H19N5OS/c1-12-21-22-15-8-7-14(11-23(12)15)17(24)20-16(18-19-9-10-25-18)13-5-3-2-4-6-13/h2-6,9-10,14,16H,7-8,11H2,1H3,(H,20,24). The fraction of sp³-hybridized carbons (Fsp3) is 0.333. The quantitative estimate of drug-likeness (QED) is 0.782. The summed E-state index contributed by atoms with van der Waals surface area (Å²) in [5.41, 5.74) is 1.04. The zero-order valence-corrected chi connectivity index (χ0v) is 14.7. The predicted octanol–water partition coefficient (Wildman–Crippen LogP) is 2.51. The van der Waals surface area contributed by atoms with E-state index in [0.29, 0.717) is 6.54 Å². The van der Waals surface area contributed by atoms with Crippen molar-refractivity contribution in [2.24, 2.45) is 5.92 Å². The van der Waals surface area contributed by atoms with E-state index in [-0.39, 0.29) is 17.9 Å². The Morgan fingerprint density at radius 1 is 1.32 bits per heavy atom. The number of rotatable bonds is 4. The van der Waals surface area contributed by atoms with E-state index >= 15 is 0 Å². The highest BCUT2D eigenvalue weighted by Crippen LogP contribution is 2.26. The van der Waals surface area contributed by atoms with E-state index in [9.17, 15) is 4.79 Å². The number of carbonyl (C=O) groups excluding carboxylic acids is 1. The first-order valence-corrected chi connectivity index (χ1v) is 9.23. The molecule has 0 spiro atoms. The smallest absolute Gasteiger partial charge is 0.225 e. The van der Waals surface area contributed by atoms with Crippen LogP contribution in [0.15, 0.2) is 41.9 Å². The number of aromatic nitrogens is 4. The summed E-state index contributed by atoms with van der Waals surface area (Å²) in [6, 6.07) is 9.77. The van der Waals surface area contributed by atoms with Gasteiger partial charge in [-0.05, 0) is 18.9 Å². The maximum Gasteiger partial charge on any atom is 0.225 e. The average Bonchev–Trinajstić information content (AvgIpc) is 3.30. The van der Waals surface area contributed by atoms with Gasteiger partial charge in [-0.1, -0.05) is 30.3 Å². The SMILES string of the molecule is Cc1nnc2n1CC(C(=O)NC(c1ccccc1)c1nccs1)CC2. The van der Waals surface area contributed by atoms with Crippen molar-refractivity contribution in [2.75, 3.05) is 0 Å². The lowest BCUT2D eigenvalue weighted by Gasteiger charge is -2.25. The van der Waals surface area contributed by atoms with Crippen LogP contribution < -0.4 is 5.32 Å². The number of thiazole rings is 1. The van der Waals surface area contributed by atoms with Gasteiger partial charge in [-0.25, -0.2) is 4.98 Å². The Morgan fingerprint density at radius 3 is 2.92 bits per heavy atom. The third-order valence-electron chi connectivity index (χ3n) is 4.62. The van der Waals surface area contributed by atoms with E-state index in [4.69, 9.17) is 0 Å². The second kappa shape index (κ2) is 6.76. The number of nitrogens with one attached hydrogen (secondary N) is 1. The fourth-order valence-corrected chi connectivity index (χ4v) is 3.96. The molecule has 0 fully saturated rings. The van der Waals surface area contributed by atoms with Gasteiger partial charge < -0.3 is 9.88 Å². The second-order valence-electron chi connectivity index (χ2n) is 6.23. The Hall–Kier alpha value is -2.54. The van der Waals surface area contributed by atoms with Gasteiger partial charge in [-0.3, -0.25) is 4.79 Å². The number of hydrogen-bond donors (Lipinski definition) is 1. The predicted molar refractivity (Wildman–Crippen MR) is 95.1 cm³/mol. The van der Waals surface area contributed by atoms with Crippen molar-refractivity contribution in [1.82, 2.24) is 25.1 Å². The van der Waals surface area contributed by atoms with Gasteiger partial charge in [0, 0.05) is 24.5 Å². The number of hydrogen-bond acceptors (Lipinski definition) is 5. The van der Waals surface area contributed by atoms with Crippen LogP contribution in [0.4, 0.5) is 0 Å². The topological polar surface area (TPSA) is 72.7 Å². The van der Waals surface area contributed by atoms with Gasteiger partial charge in [-0.2, -0.15) is 0 Å². The molecule has 0 aliphatic carbocycles. The van der Waals surface area contributed by atoms with E-state index in [2.05, 4.69) is 25.1 Å². The number of nitrogens with zero attached hydrogens (tertiary/aromatic N) is 4. The molecule has 4 rings (SSSR count). The van der Waals surface area contributed by atoms with Crippen molar-refractivity contribution in [2.45, 2.75) is 32.4 Å². The molecular formula is C18H19N5OS. The van der Waals surface area contributed by atoms with Crippen LogP contribution in [0, 0.1) is 12.8 Å². The minimum absolute atomic E-state index is 0.0582. The Labute approximate surface area is 149 Å². The Morgan fingerprint density at radius 2 is 2.16 bits per heavy atom. The molecule has 0 radical (unpaired) electrons. The lowest BCUT2D eigenvalue weighted by atomic mass is 9.97. The Bertz CT molecular complexity index is 859. The van der Waals surface area contributed by atoms with Crippen molar-refractivity contribution < 1.29 is 4.79 Å². The van der Waals surface area contributed by atoms with Crippen LogP contribution in [0.3, 0.4) is 0 Å². The van der Waals surface area contributed by atoms with Crippen LogP contribution in [0.5, 0.6) is 0 Å². The first-order chi connectivity index (χ1) is 12.2. The number of carbonyl (C=O) groups is 1. The van der Waals surface area contributed by atoms with Crippen LogP contribution in [-0.4, -0.2) is 25.7 Å². The van der Waals surface area contributed by atoms with E-state index in [1.807, 2.05) is 42.6 Å². The molecule has 3 aromatic rings. The van der Waals surface area contributed by atoms with Crippen LogP contribution in [0.25, 0.3) is 0 Å². The van der Waals surface area contributed by atoms with Gasteiger partial charge in [-0.15, -0.1) is 21.5 Å². The summed E-state index contributed by atoms with van der Waals surface area (Å²) in [6.07, 6.45) is 3.35. The summed E-state index contributed by atoms with van der Waals surface area (Å²) < 4.78 is 2.05. The summed E-state index contributed by atoms with van der Waals surface area (Å²) in [5.74, 6) is 1.82. The molecule has 7 heteroatoms. The summed E-state index contributed by atoms with van der Waals surface area (Å²) in [6.45, 7) is 2.57. The van der Waals surface area contributed by atoms with Gasteiger partial charge in [0.25, 0.3) is 0 Å². The first-order valence-electron chi connectivity index (χ1n) is 8.36. The van der Waals surface area contributed by atoms with E-state index in [0.717, 1.165) is 35.1 Å². The molecule has 3 heterocycles. The molecule has 1 N–H and O–H groups in total. The van der Waals surface area contributed by atoms with Gasteiger partial charge >= 0.3 is 0 Å². The third kappa shape index (κ3) is 3.19. The molecule has 0 saturated heterocycles. The maximum absolute atomic E-state index is 12.9. The van der Waals surface area contributed by atoms with Crippen molar-refractivity contribution in [3.63, 3.8) is 0 Å². The fourth-order valence-electron chi connectivity index (χ4n) is 3.25. The molecule has 0 saturated carbocycles. The first kappa shape index (κ1) is 16.0. The molecule has 1 amide bonds. The normalized spacial score (nSPS) is 17.7. The number of fused-ring (bicyclic) bond motifs is 1. The second-order valence-corrected chi connectivity index (χ2v) is 7.16. The number of amides is 1. The molecule has 2 unspecified atom stereocenters. The minimum Gasteiger partial charge on any atom is -0.342 e. The van der Waals surface area contributed by atoms with E-state index in [1.165, 1.54) is 0 Å². The van der Waals surface area contributed by atoms with Crippen molar-refractivity contribution in [3.05, 3.63) is 64.1 Å². The number of aryl methyl sites for hydroxylation is 2. The lowest BCUT2D eigenvalue weighted by Crippen LogP contribution is -2.38. The summed E-state index contributed by atoms with van der Waals surface area (Å²) in [5, 5.41) is 14.3. The highest BCUT2D eigenvalue weighted by atomic mass is 32.1. The van der Waals surface area contributed by atoms with E-state index in [1.54, 1.807) is 17.5 Å². The molecule has 25 heavy (non-hydrogen) atoms. The molecular weight excluding hydrogens is 334 g/mol. The molecule has 6 nitrogen and oxygen atoms in total. The zero-order valence-electron chi connectivity index (χ0n) is 13.9. The van der Waals surface area contributed by atoms with E-state index < -0.39 is 0 Å². The van der Waals surface area contributed by atoms with Crippen LogP contribution in [-0.2, 0) is 17.8 Å². The lowest BCUT2D eigenvalue weighted by molar-refractivity contribution is -0.126. The van der Waals surface area contributed by atoms with Crippen LogP contribution >= 0.6 is 11.3 Å². The van der Waals surface area contributed by atoms with Crippen LogP contribution in [0.2, 0.25) is 0 Å². The van der Waals surface area contributed by atoms with Gasteiger partial charge in [0.05, 0.1) is 5.92 Å². The average molecular weight is 353 g/mol. The van der Waals surface area contributed by atoms with Gasteiger partial charge in [0.15, 0.2) is 0 Å². The highest BCUT2D eigenvalue weighted by Gasteiger charge is 2.29.